The van der Waals surface area contributed by atoms with E-state index in [4.69, 9.17) is 5.73 Å². The third-order valence-electron chi connectivity index (χ3n) is 3.64. The van der Waals surface area contributed by atoms with E-state index in [-0.39, 0.29) is 0 Å². The fourth-order valence-corrected chi connectivity index (χ4v) is 2.60. The van der Waals surface area contributed by atoms with Crippen molar-refractivity contribution in [2.75, 3.05) is 12.3 Å². The van der Waals surface area contributed by atoms with Gasteiger partial charge in [-0.15, -0.1) is 0 Å². The van der Waals surface area contributed by atoms with Crippen molar-refractivity contribution < 1.29 is 0 Å². The second-order valence-corrected chi connectivity index (χ2v) is 5.07. The van der Waals surface area contributed by atoms with E-state index in [1.165, 1.54) is 12.8 Å². The topological polar surface area (TPSA) is 68.2 Å². The fourth-order valence-electron chi connectivity index (χ4n) is 2.60. The maximum Gasteiger partial charge on any atom is 0.160 e. The molecule has 96 valence electrons. The van der Waals surface area contributed by atoms with Gasteiger partial charge in [0, 0.05) is 23.4 Å². The van der Waals surface area contributed by atoms with E-state index < -0.39 is 0 Å². The van der Waals surface area contributed by atoms with Gasteiger partial charge in [0.05, 0.1) is 6.20 Å². The second kappa shape index (κ2) is 4.57. The van der Waals surface area contributed by atoms with Gasteiger partial charge in [-0.2, -0.15) is 9.61 Å². The molecule has 0 spiro atoms. The SMILES string of the molecule is Cc1cnn2c(N)cc(CC[C@@H]3CCCN3)nc12. The molecule has 0 amide bonds. The Kier molecular flexibility index (Phi) is 2.91. The molecule has 1 fully saturated rings. The van der Waals surface area contributed by atoms with E-state index in [9.17, 15) is 0 Å². The molecule has 5 nitrogen and oxygen atoms in total. The molecule has 1 aliphatic heterocycles. The van der Waals surface area contributed by atoms with Gasteiger partial charge in [0.25, 0.3) is 0 Å². The maximum absolute atomic E-state index is 6.00. The molecular formula is C13H19N5. The first-order chi connectivity index (χ1) is 8.74. The molecule has 1 aliphatic rings. The zero-order valence-electron chi connectivity index (χ0n) is 10.7. The Bertz CT molecular complexity index is 554. The van der Waals surface area contributed by atoms with E-state index in [1.54, 1.807) is 10.7 Å². The Labute approximate surface area is 106 Å². The van der Waals surface area contributed by atoms with Crippen LogP contribution in [0.5, 0.6) is 0 Å². The van der Waals surface area contributed by atoms with E-state index in [0.717, 1.165) is 36.3 Å². The van der Waals surface area contributed by atoms with Crippen LogP contribution >= 0.6 is 0 Å². The number of nitrogens with two attached hydrogens (primary N) is 1. The predicted octanol–water partition coefficient (Wildman–Crippen LogP) is 1.30. The summed E-state index contributed by atoms with van der Waals surface area (Å²) in [6.07, 6.45) is 6.49. The number of nitrogen functional groups attached to an aromatic ring is 1. The van der Waals surface area contributed by atoms with Gasteiger partial charge in [0.2, 0.25) is 0 Å². The molecule has 3 heterocycles. The van der Waals surface area contributed by atoms with Crippen LogP contribution in [0.3, 0.4) is 0 Å². The highest BCUT2D eigenvalue weighted by molar-refractivity contribution is 5.52. The van der Waals surface area contributed by atoms with Crippen LogP contribution in [0.25, 0.3) is 5.65 Å². The lowest BCUT2D eigenvalue weighted by molar-refractivity contribution is 0.555. The minimum Gasteiger partial charge on any atom is -0.384 e. The Morgan fingerprint density at radius 2 is 2.44 bits per heavy atom. The lowest BCUT2D eigenvalue weighted by Gasteiger charge is -2.10. The van der Waals surface area contributed by atoms with Crippen LogP contribution < -0.4 is 11.1 Å². The summed E-state index contributed by atoms with van der Waals surface area (Å²) in [6, 6.07) is 2.59. The highest BCUT2D eigenvalue weighted by atomic mass is 15.3. The van der Waals surface area contributed by atoms with Gasteiger partial charge in [-0.3, -0.25) is 0 Å². The lowest BCUT2D eigenvalue weighted by atomic mass is 10.1. The van der Waals surface area contributed by atoms with Crippen molar-refractivity contribution in [3.05, 3.63) is 23.5 Å². The number of aryl methyl sites for hydroxylation is 2. The number of hydrogen-bond acceptors (Lipinski definition) is 4. The van der Waals surface area contributed by atoms with Crippen LogP contribution in [0.1, 0.15) is 30.5 Å². The highest BCUT2D eigenvalue weighted by Crippen LogP contribution is 2.16. The van der Waals surface area contributed by atoms with Gasteiger partial charge in [-0.1, -0.05) is 0 Å². The number of hydrogen-bond donors (Lipinski definition) is 2. The minimum absolute atomic E-state index is 0.648. The van der Waals surface area contributed by atoms with Crippen molar-refractivity contribution in [1.82, 2.24) is 19.9 Å². The Morgan fingerprint density at radius 1 is 1.56 bits per heavy atom. The molecule has 0 aliphatic carbocycles. The quantitative estimate of drug-likeness (QED) is 0.855. The third kappa shape index (κ3) is 2.06. The van der Waals surface area contributed by atoms with Crippen molar-refractivity contribution >= 4 is 11.5 Å². The van der Waals surface area contributed by atoms with Crippen LogP contribution in [0, 0.1) is 6.92 Å². The van der Waals surface area contributed by atoms with Crippen LogP contribution in [0.15, 0.2) is 12.3 Å². The molecule has 0 radical (unpaired) electrons. The van der Waals surface area contributed by atoms with Gasteiger partial charge in [0.1, 0.15) is 5.82 Å². The molecule has 0 unspecified atom stereocenters. The summed E-state index contributed by atoms with van der Waals surface area (Å²) in [4.78, 5) is 4.65. The maximum atomic E-state index is 6.00. The summed E-state index contributed by atoms with van der Waals surface area (Å²) in [6.45, 7) is 3.16. The predicted molar refractivity (Wildman–Crippen MR) is 71.5 cm³/mol. The summed E-state index contributed by atoms with van der Waals surface area (Å²) in [5.41, 5.74) is 9.02. The van der Waals surface area contributed by atoms with E-state index in [0.29, 0.717) is 11.9 Å². The van der Waals surface area contributed by atoms with E-state index in [2.05, 4.69) is 15.4 Å². The molecule has 2 aromatic heterocycles. The average Bonchev–Trinajstić information content (AvgIpc) is 2.98. The van der Waals surface area contributed by atoms with Gasteiger partial charge in [-0.05, 0) is 39.2 Å². The zero-order valence-corrected chi connectivity index (χ0v) is 10.7. The number of nitrogens with one attached hydrogen (secondary N) is 1. The monoisotopic (exact) mass is 245 g/mol. The number of rotatable bonds is 3. The van der Waals surface area contributed by atoms with Crippen LogP contribution in [0.4, 0.5) is 5.82 Å². The number of nitrogens with zero attached hydrogens (tertiary/aromatic N) is 3. The first-order valence-electron chi connectivity index (χ1n) is 6.57. The first-order valence-corrected chi connectivity index (χ1v) is 6.57. The molecule has 1 atom stereocenters. The second-order valence-electron chi connectivity index (χ2n) is 5.07. The molecule has 3 N–H and O–H groups in total. The van der Waals surface area contributed by atoms with Gasteiger partial charge in [0.15, 0.2) is 5.65 Å². The summed E-state index contributed by atoms with van der Waals surface area (Å²) in [7, 11) is 0. The van der Waals surface area contributed by atoms with Crippen molar-refractivity contribution in [1.29, 1.82) is 0 Å². The van der Waals surface area contributed by atoms with Gasteiger partial charge < -0.3 is 11.1 Å². The normalized spacial score (nSPS) is 19.7. The van der Waals surface area contributed by atoms with Crippen LogP contribution in [-0.2, 0) is 6.42 Å². The molecule has 0 saturated carbocycles. The Balaban J connectivity index is 1.81. The molecule has 0 bridgehead atoms. The van der Waals surface area contributed by atoms with Crippen molar-refractivity contribution in [2.24, 2.45) is 0 Å². The molecule has 5 heteroatoms. The van der Waals surface area contributed by atoms with Crippen molar-refractivity contribution in [3.63, 3.8) is 0 Å². The molecule has 0 aromatic carbocycles. The first kappa shape index (κ1) is 11.5. The molecule has 3 rings (SSSR count). The molecule has 2 aromatic rings. The highest BCUT2D eigenvalue weighted by Gasteiger charge is 2.14. The summed E-state index contributed by atoms with van der Waals surface area (Å²) in [5, 5.41) is 7.72. The van der Waals surface area contributed by atoms with Gasteiger partial charge in [-0.25, -0.2) is 4.98 Å². The zero-order chi connectivity index (χ0) is 12.5. The smallest absolute Gasteiger partial charge is 0.160 e. The van der Waals surface area contributed by atoms with Gasteiger partial charge >= 0.3 is 0 Å². The van der Waals surface area contributed by atoms with Crippen LogP contribution in [-0.4, -0.2) is 27.2 Å². The number of aromatic nitrogens is 3. The Hall–Kier alpha value is -1.62. The van der Waals surface area contributed by atoms with E-state index in [1.807, 2.05) is 13.0 Å². The standard InChI is InChI=1S/C13H19N5/c1-9-8-16-18-12(14)7-11(17-13(9)18)5-4-10-3-2-6-15-10/h7-8,10,15H,2-6,14H2,1H3/t10-/m0/s1. The summed E-state index contributed by atoms with van der Waals surface area (Å²) < 4.78 is 1.70. The average molecular weight is 245 g/mol. The Morgan fingerprint density at radius 3 is 3.22 bits per heavy atom. The number of fused-ring (bicyclic) bond motifs is 1. The summed E-state index contributed by atoms with van der Waals surface area (Å²) in [5.74, 6) is 0.669. The third-order valence-corrected chi connectivity index (χ3v) is 3.64. The molecular weight excluding hydrogens is 226 g/mol. The minimum atomic E-state index is 0.648. The molecule has 1 saturated heterocycles. The lowest BCUT2D eigenvalue weighted by Crippen LogP contribution is -2.22. The largest absolute Gasteiger partial charge is 0.384 e. The van der Waals surface area contributed by atoms with Crippen molar-refractivity contribution in [2.45, 2.75) is 38.6 Å². The van der Waals surface area contributed by atoms with E-state index >= 15 is 0 Å². The van der Waals surface area contributed by atoms with Crippen LogP contribution in [0.2, 0.25) is 0 Å². The number of anilines is 1. The van der Waals surface area contributed by atoms with Crippen molar-refractivity contribution in [3.8, 4) is 0 Å². The summed E-state index contributed by atoms with van der Waals surface area (Å²) >= 11 is 0. The fraction of sp³-hybridized carbons (Fsp3) is 0.538. The molecule has 18 heavy (non-hydrogen) atoms.